The predicted molar refractivity (Wildman–Crippen MR) is 166 cm³/mol. The number of nitrogens with zero attached hydrogens (tertiary/aromatic N) is 2. The molecule has 2 aromatic heterocycles. The van der Waals surface area contributed by atoms with Crippen LogP contribution in [-0.2, 0) is 11.8 Å². The molecule has 1 amide bonds. The van der Waals surface area contributed by atoms with Gasteiger partial charge in [-0.15, -0.1) is 0 Å². The van der Waals surface area contributed by atoms with Crippen LogP contribution in [0.3, 0.4) is 0 Å². The van der Waals surface area contributed by atoms with E-state index in [1.54, 1.807) is 12.1 Å². The Morgan fingerprint density at radius 2 is 1.81 bits per heavy atom. The zero-order valence-corrected chi connectivity index (χ0v) is 24.5. The zero-order valence-electron chi connectivity index (χ0n) is 24.5. The van der Waals surface area contributed by atoms with Crippen LogP contribution in [0.1, 0.15) is 76.6 Å². The molecule has 1 aliphatic carbocycles. The molecular formula is C36H39N3O3. The number of Topliss-reactive ketones (excluding diaryl/α,β-unsaturated/α-hetero) is 1. The first-order valence-electron chi connectivity index (χ1n) is 15.1. The molecule has 0 bridgehead atoms. The van der Waals surface area contributed by atoms with Crippen LogP contribution in [0.25, 0.3) is 0 Å². The number of aromatic nitrogens is 1. The third-order valence-electron chi connectivity index (χ3n) is 9.32. The van der Waals surface area contributed by atoms with Crippen LogP contribution in [0.2, 0.25) is 0 Å². The van der Waals surface area contributed by atoms with Gasteiger partial charge in [0.15, 0.2) is 11.5 Å². The largest absolute Gasteiger partial charge is 0.459 e. The van der Waals surface area contributed by atoms with Gasteiger partial charge in [0.05, 0.1) is 6.26 Å². The summed E-state index contributed by atoms with van der Waals surface area (Å²) < 4.78 is 5.37. The first-order chi connectivity index (χ1) is 20.4. The fraction of sp³-hybridized carbons (Fsp3) is 0.361. The summed E-state index contributed by atoms with van der Waals surface area (Å²) in [6, 6.07) is 22.0. The molecule has 42 heavy (non-hydrogen) atoms. The third-order valence-corrected chi connectivity index (χ3v) is 9.32. The Labute approximate surface area is 248 Å². The van der Waals surface area contributed by atoms with Gasteiger partial charge in [0.2, 0.25) is 0 Å². The number of carbonyl (C=O) groups is 2. The molecule has 1 saturated heterocycles. The third kappa shape index (κ3) is 6.03. The van der Waals surface area contributed by atoms with Crippen LogP contribution in [-0.4, -0.2) is 29.8 Å². The molecule has 0 spiro atoms. The molecule has 2 aromatic carbocycles. The highest BCUT2D eigenvalue weighted by Crippen LogP contribution is 2.46. The summed E-state index contributed by atoms with van der Waals surface area (Å²) in [5, 5.41) is 3.10. The number of amides is 1. The number of anilines is 2. The number of carbonyl (C=O) groups excluding carboxylic acids is 2. The number of nitrogens with one attached hydrogen (secondary N) is 1. The molecule has 4 aromatic rings. The summed E-state index contributed by atoms with van der Waals surface area (Å²) >= 11 is 0. The van der Waals surface area contributed by atoms with Gasteiger partial charge in [-0.1, -0.05) is 37.3 Å². The van der Waals surface area contributed by atoms with Gasteiger partial charge in [0, 0.05) is 48.3 Å². The number of aryl methyl sites for hydroxylation is 2. The molecule has 1 N–H and O–H groups in total. The lowest BCUT2D eigenvalue weighted by Crippen LogP contribution is -2.41. The van der Waals surface area contributed by atoms with Crippen LogP contribution in [0.4, 0.5) is 11.4 Å². The Bertz CT molecular complexity index is 1540. The summed E-state index contributed by atoms with van der Waals surface area (Å²) in [5.41, 5.74) is 6.19. The SMILES string of the molecule is Cc1ccccc1N1CCC(C)(c2ccc(C(=O)[C@@H]3CC3CCCc3ccncc3)cc2NC(=O)c2ccco2)CC1. The number of para-hydroxylation sites is 1. The lowest BCUT2D eigenvalue weighted by Gasteiger charge is -2.42. The Kier molecular flexibility index (Phi) is 7.96. The molecule has 0 radical (unpaired) electrons. The highest BCUT2D eigenvalue weighted by Gasteiger charge is 2.43. The van der Waals surface area contributed by atoms with E-state index in [-0.39, 0.29) is 28.8 Å². The topological polar surface area (TPSA) is 75.4 Å². The fourth-order valence-corrected chi connectivity index (χ4v) is 6.57. The van der Waals surface area contributed by atoms with Gasteiger partial charge in [-0.05, 0) is 110 Å². The molecule has 1 aliphatic heterocycles. The minimum Gasteiger partial charge on any atom is -0.459 e. The van der Waals surface area contributed by atoms with E-state index in [9.17, 15) is 9.59 Å². The van der Waals surface area contributed by atoms with Gasteiger partial charge in [0.25, 0.3) is 5.91 Å². The zero-order chi connectivity index (χ0) is 29.1. The van der Waals surface area contributed by atoms with E-state index >= 15 is 0 Å². The quantitative estimate of drug-likeness (QED) is 0.201. The van der Waals surface area contributed by atoms with Crippen molar-refractivity contribution < 1.29 is 14.0 Å². The molecule has 6 rings (SSSR count). The molecule has 2 fully saturated rings. The number of benzene rings is 2. The van der Waals surface area contributed by atoms with E-state index in [2.05, 4.69) is 71.5 Å². The van der Waals surface area contributed by atoms with E-state index in [4.69, 9.17) is 4.42 Å². The summed E-state index contributed by atoms with van der Waals surface area (Å²) in [6.07, 6.45) is 11.1. The minimum absolute atomic E-state index is 0.0647. The Morgan fingerprint density at radius 3 is 2.55 bits per heavy atom. The van der Waals surface area contributed by atoms with Crippen LogP contribution < -0.4 is 10.2 Å². The Hall–Kier alpha value is -4.19. The minimum atomic E-state index is -0.299. The van der Waals surface area contributed by atoms with E-state index in [0.717, 1.165) is 57.2 Å². The number of rotatable bonds is 10. The van der Waals surface area contributed by atoms with Gasteiger partial charge in [-0.25, -0.2) is 0 Å². The van der Waals surface area contributed by atoms with Crippen molar-refractivity contribution >= 4 is 23.1 Å². The summed E-state index contributed by atoms with van der Waals surface area (Å²) in [6.45, 7) is 6.29. The fourth-order valence-electron chi connectivity index (χ4n) is 6.57. The standard InChI is InChI=1S/C36H39N3O3/c1-25-7-3-4-10-32(25)39-20-16-36(2,17-21-39)30-13-12-28(24-31(30)38-35(41)33-11-6-22-42-33)34(40)29-23-27(29)9-5-8-26-14-18-37-19-15-26/h3-4,6-7,10-15,18-19,22,24,27,29H,5,8-9,16-17,20-21,23H2,1-2H3,(H,38,41)/t27?,29-/m1/s1. The number of ketones is 1. The summed E-state index contributed by atoms with van der Waals surface area (Å²) in [4.78, 5) is 33.2. The van der Waals surface area contributed by atoms with Gasteiger partial charge in [-0.3, -0.25) is 14.6 Å². The second-order valence-corrected chi connectivity index (χ2v) is 12.2. The molecule has 2 atom stereocenters. The Balaban J connectivity index is 1.18. The van der Waals surface area contributed by atoms with Gasteiger partial charge < -0.3 is 14.6 Å². The number of hydrogen-bond donors (Lipinski definition) is 1. The van der Waals surface area contributed by atoms with Crippen molar-refractivity contribution in [3.63, 3.8) is 0 Å². The summed E-state index contributed by atoms with van der Waals surface area (Å²) in [7, 11) is 0. The average Bonchev–Trinajstić information content (AvgIpc) is 3.55. The molecule has 1 unspecified atom stereocenters. The van der Waals surface area contributed by atoms with Gasteiger partial charge in [-0.2, -0.15) is 0 Å². The molecular weight excluding hydrogens is 522 g/mol. The van der Waals surface area contributed by atoms with E-state index in [0.29, 0.717) is 17.2 Å². The van der Waals surface area contributed by atoms with Crippen molar-refractivity contribution in [2.24, 2.45) is 11.8 Å². The van der Waals surface area contributed by atoms with Gasteiger partial charge >= 0.3 is 0 Å². The number of pyridine rings is 1. The first-order valence-corrected chi connectivity index (χ1v) is 15.1. The normalized spacial score (nSPS) is 19.3. The molecule has 216 valence electrons. The lowest BCUT2D eigenvalue weighted by molar-refractivity contribution is 0.0957. The smallest absolute Gasteiger partial charge is 0.291 e. The average molecular weight is 562 g/mol. The van der Waals surface area contributed by atoms with Crippen molar-refractivity contribution in [2.75, 3.05) is 23.3 Å². The van der Waals surface area contributed by atoms with Crippen molar-refractivity contribution in [2.45, 2.75) is 57.8 Å². The lowest BCUT2D eigenvalue weighted by atomic mass is 9.73. The maximum absolute atomic E-state index is 13.6. The molecule has 6 nitrogen and oxygen atoms in total. The van der Waals surface area contributed by atoms with Crippen molar-refractivity contribution in [1.82, 2.24) is 4.98 Å². The van der Waals surface area contributed by atoms with Crippen LogP contribution in [0.15, 0.2) is 89.8 Å². The number of piperidine rings is 1. The number of hydrogen-bond acceptors (Lipinski definition) is 5. The molecule has 3 heterocycles. The number of furan rings is 1. The van der Waals surface area contributed by atoms with Gasteiger partial charge in [0.1, 0.15) is 0 Å². The second kappa shape index (κ2) is 12.0. The second-order valence-electron chi connectivity index (χ2n) is 12.2. The maximum Gasteiger partial charge on any atom is 0.291 e. The first kappa shape index (κ1) is 28.0. The van der Waals surface area contributed by atoms with E-state index in [1.807, 2.05) is 24.5 Å². The molecule has 1 saturated carbocycles. The monoisotopic (exact) mass is 561 g/mol. The van der Waals surface area contributed by atoms with Crippen LogP contribution in [0, 0.1) is 18.8 Å². The highest BCUT2D eigenvalue weighted by molar-refractivity contribution is 6.05. The molecule has 6 heteroatoms. The Morgan fingerprint density at radius 1 is 1.02 bits per heavy atom. The van der Waals surface area contributed by atoms with Crippen molar-refractivity contribution in [3.05, 3.63) is 113 Å². The van der Waals surface area contributed by atoms with Crippen LogP contribution in [0.5, 0.6) is 0 Å². The predicted octanol–water partition coefficient (Wildman–Crippen LogP) is 7.64. The maximum atomic E-state index is 13.6. The summed E-state index contributed by atoms with van der Waals surface area (Å²) in [5.74, 6) is 0.641. The van der Waals surface area contributed by atoms with E-state index < -0.39 is 0 Å². The van der Waals surface area contributed by atoms with E-state index in [1.165, 1.54) is 23.1 Å². The van der Waals surface area contributed by atoms with Crippen molar-refractivity contribution in [1.29, 1.82) is 0 Å². The van der Waals surface area contributed by atoms with Crippen LogP contribution >= 0.6 is 0 Å². The highest BCUT2D eigenvalue weighted by atomic mass is 16.3. The molecule has 2 aliphatic rings. The van der Waals surface area contributed by atoms with Crippen molar-refractivity contribution in [3.8, 4) is 0 Å².